The number of guanidine groups is 1. The third-order valence-corrected chi connectivity index (χ3v) is 4.68. The molecule has 0 aromatic carbocycles. The van der Waals surface area contributed by atoms with Gasteiger partial charge in [0.05, 0.1) is 0 Å². The summed E-state index contributed by atoms with van der Waals surface area (Å²) in [7, 11) is 1.85. The number of hydrogen-bond acceptors (Lipinski definition) is 3. The predicted octanol–water partition coefficient (Wildman–Crippen LogP) is 3.35. The number of nitrogens with zero attached hydrogens (tertiary/aromatic N) is 3. The zero-order valence-electron chi connectivity index (χ0n) is 16.6. The average molecular weight is 346 g/mol. The molecule has 0 radical (unpaired) electrons. The van der Waals surface area contributed by atoms with Crippen molar-refractivity contribution in [2.24, 2.45) is 10.4 Å². The van der Waals surface area contributed by atoms with Gasteiger partial charge in [-0.25, -0.2) is 4.98 Å². The van der Waals surface area contributed by atoms with Crippen LogP contribution in [0, 0.1) is 12.3 Å². The molecule has 5 nitrogen and oxygen atoms in total. The van der Waals surface area contributed by atoms with Crippen molar-refractivity contribution < 1.29 is 0 Å². The van der Waals surface area contributed by atoms with Gasteiger partial charge in [-0.15, -0.1) is 0 Å². The number of aliphatic imine (C=N–C) groups is 1. The van der Waals surface area contributed by atoms with E-state index in [9.17, 15) is 0 Å². The van der Waals surface area contributed by atoms with E-state index >= 15 is 0 Å². The molecule has 140 valence electrons. The van der Waals surface area contributed by atoms with Gasteiger partial charge >= 0.3 is 0 Å². The fourth-order valence-corrected chi connectivity index (χ4v) is 3.11. The number of rotatable bonds is 5. The molecule has 1 aromatic heterocycles. The second kappa shape index (κ2) is 9.07. The van der Waals surface area contributed by atoms with Crippen LogP contribution in [0.2, 0.25) is 0 Å². The maximum atomic E-state index is 4.54. The molecule has 2 heterocycles. The molecule has 25 heavy (non-hydrogen) atoms. The summed E-state index contributed by atoms with van der Waals surface area (Å²) in [5.74, 6) is 2.02. The Morgan fingerprint density at radius 3 is 2.56 bits per heavy atom. The zero-order chi connectivity index (χ0) is 18.3. The van der Waals surface area contributed by atoms with Gasteiger partial charge in [-0.1, -0.05) is 26.8 Å². The van der Waals surface area contributed by atoms with Crippen LogP contribution in [-0.2, 0) is 0 Å². The van der Waals surface area contributed by atoms with Crippen LogP contribution in [0.25, 0.3) is 0 Å². The van der Waals surface area contributed by atoms with Gasteiger partial charge in [0, 0.05) is 38.9 Å². The molecule has 0 saturated carbocycles. The minimum absolute atomic E-state index is 0.398. The smallest absolute Gasteiger partial charge is 0.191 e. The van der Waals surface area contributed by atoms with E-state index in [1.165, 1.54) is 18.4 Å². The number of piperidine rings is 1. The summed E-state index contributed by atoms with van der Waals surface area (Å²) in [4.78, 5) is 11.3. The SMILES string of the molecule is CN=C(NCCCC(C)(C)C)NC1CCN(c2ccc(C)cn2)CC1. The van der Waals surface area contributed by atoms with Crippen LogP contribution in [0.4, 0.5) is 5.82 Å². The molecule has 0 atom stereocenters. The van der Waals surface area contributed by atoms with Crippen molar-refractivity contribution >= 4 is 11.8 Å². The standard InChI is InChI=1S/C20H35N5/c1-16-7-8-18(23-15-16)25-13-9-17(10-14-25)24-19(21-5)22-12-6-11-20(2,3)4/h7-8,15,17H,6,9-14H2,1-5H3,(H2,21,22,24). The summed E-state index contributed by atoms with van der Waals surface area (Å²) in [6.07, 6.45) is 6.56. The van der Waals surface area contributed by atoms with Crippen LogP contribution in [0.5, 0.6) is 0 Å². The highest BCUT2D eigenvalue weighted by Crippen LogP contribution is 2.20. The fourth-order valence-electron chi connectivity index (χ4n) is 3.11. The minimum atomic E-state index is 0.398. The highest BCUT2D eigenvalue weighted by Gasteiger charge is 2.20. The van der Waals surface area contributed by atoms with Crippen LogP contribution in [-0.4, -0.2) is 43.7 Å². The first-order valence-corrected chi connectivity index (χ1v) is 9.52. The van der Waals surface area contributed by atoms with Gasteiger partial charge in [0.25, 0.3) is 0 Å². The van der Waals surface area contributed by atoms with Crippen LogP contribution in [0.3, 0.4) is 0 Å². The Hall–Kier alpha value is -1.78. The lowest BCUT2D eigenvalue weighted by Gasteiger charge is -2.33. The molecule has 0 unspecified atom stereocenters. The number of aryl methyl sites for hydroxylation is 1. The molecule has 0 spiro atoms. The molecule has 0 amide bonds. The summed E-state index contributed by atoms with van der Waals surface area (Å²) in [5.41, 5.74) is 1.61. The molecule has 1 aliphatic heterocycles. The lowest BCUT2D eigenvalue weighted by molar-refractivity contribution is 0.365. The van der Waals surface area contributed by atoms with Crippen molar-refractivity contribution in [1.29, 1.82) is 0 Å². The molecular weight excluding hydrogens is 310 g/mol. The van der Waals surface area contributed by atoms with Crippen LogP contribution < -0.4 is 15.5 Å². The largest absolute Gasteiger partial charge is 0.356 e. The van der Waals surface area contributed by atoms with E-state index in [4.69, 9.17) is 0 Å². The normalized spacial score (nSPS) is 16.8. The summed E-state index contributed by atoms with van der Waals surface area (Å²) < 4.78 is 0. The fraction of sp³-hybridized carbons (Fsp3) is 0.700. The first-order chi connectivity index (χ1) is 11.9. The Bertz CT molecular complexity index is 536. The summed E-state index contributed by atoms with van der Waals surface area (Å²) in [6.45, 7) is 12.0. The molecule has 0 bridgehead atoms. The topological polar surface area (TPSA) is 52.6 Å². The van der Waals surface area contributed by atoms with E-state index in [1.807, 2.05) is 13.2 Å². The van der Waals surface area contributed by atoms with Crippen molar-refractivity contribution in [3.63, 3.8) is 0 Å². The third-order valence-electron chi connectivity index (χ3n) is 4.68. The second-order valence-electron chi connectivity index (χ2n) is 8.26. The van der Waals surface area contributed by atoms with E-state index in [0.29, 0.717) is 11.5 Å². The summed E-state index contributed by atoms with van der Waals surface area (Å²) >= 11 is 0. The monoisotopic (exact) mass is 345 g/mol. The molecule has 2 rings (SSSR count). The Morgan fingerprint density at radius 1 is 1.28 bits per heavy atom. The van der Waals surface area contributed by atoms with Gasteiger partial charge in [-0.2, -0.15) is 0 Å². The zero-order valence-corrected chi connectivity index (χ0v) is 16.6. The Balaban J connectivity index is 1.71. The number of nitrogens with one attached hydrogen (secondary N) is 2. The molecular formula is C20H35N5. The Labute approximate surface area is 153 Å². The van der Waals surface area contributed by atoms with E-state index in [0.717, 1.165) is 44.3 Å². The molecule has 0 aliphatic carbocycles. The highest BCUT2D eigenvalue weighted by atomic mass is 15.2. The van der Waals surface area contributed by atoms with Crippen molar-refractivity contribution in [2.75, 3.05) is 31.6 Å². The van der Waals surface area contributed by atoms with Crippen LogP contribution in [0.1, 0.15) is 52.0 Å². The molecule has 1 saturated heterocycles. The van der Waals surface area contributed by atoms with Crippen LogP contribution >= 0.6 is 0 Å². The number of hydrogen-bond donors (Lipinski definition) is 2. The van der Waals surface area contributed by atoms with E-state index in [1.54, 1.807) is 0 Å². The average Bonchev–Trinajstić information content (AvgIpc) is 2.58. The maximum absolute atomic E-state index is 4.54. The Kier molecular flexibility index (Phi) is 7.09. The van der Waals surface area contributed by atoms with Crippen molar-refractivity contribution in [1.82, 2.24) is 15.6 Å². The van der Waals surface area contributed by atoms with E-state index in [-0.39, 0.29) is 0 Å². The van der Waals surface area contributed by atoms with Crippen molar-refractivity contribution in [3.05, 3.63) is 23.9 Å². The van der Waals surface area contributed by atoms with Gasteiger partial charge in [0.15, 0.2) is 5.96 Å². The van der Waals surface area contributed by atoms with Gasteiger partial charge in [0.1, 0.15) is 5.82 Å². The number of pyridine rings is 1. The molecule has 5 heteroatoms. The van der Waals surface area contributed by atoms with Gasteiger partial charge < -0.3 is 15.5 Å². The van der Waals surface area contributed by atoms with Gasteiger partial charge in [0.2, 0.25) is 0 Å². The number of aromatic nitrogens is 1. The predicted molar refractivity (Wildman–Crippen MR) is 107 cm³/mol. The quantitative estimate of drug-likeness (QED) is 0.488. The van der Waals surface area contributed by atoms with E-state index in [2.05, 4.69) is 65.3 Å². The molecule has 1 fully saturated rings. The van der Waals surface area contributed by atoms with Crippen molar-refractivity contribution in [2.45, 2.75) is 59.4 Å². The van der Waals surface area contributed by atoms with E-state index < -0.39 is 0 Å². The summed E-state index contributed by atoms with van der Waals surface area (Å²) in [5, 5.41) is 7.03. The molecule has 1 aromatic rings. The summed E-state index contributed by atoms with van der Waals surface area (Å²) in [6, 6.07) is 4.74. The lowest BCUT2D eigenvalue weighted by Crippen LogP contribution is -2.49. The van der Waals surface area contributed by atoms with Gasteiger partial charge in [-0.3, -0.25) is 4.99 Å². The maximum Gasteiger partial charge on any atom is 0.191 e. The third kappa shape index (κ3) is 6.92. The Morgan fingerprint density at radius 2 is 2.00 bits per heavy atom. The first-order valence-electron chi connectivity index (χ1n) is 9.52. The van der Waals surface area contributed by atoms with Crippen LogP contribution in [0.15, 0.2) is 23.3 Å². The molecule has 2 N–H and O–H groups in total. The van der Waals surface area contributed by atoms with Crippen molar-refractivity contribution in [3.8, 4) is 0 Å². The number of anilines is 1. The molecule has 1 aliphatic rings. The highest BCUT2D eigenvalue weighted by molar-refractivity contribution is 5.79. The van der Waals surface area contributed by atoms with Gasteiger partial charge in [-0.05, 0) is 49.7 Å². The first kappa shape index (κ1) is 19.5. The minimum Gasteiger partial charge on any atom is -0.356 e. The lowest BCUT2D eigenvalue weighted by atomic mass is 9.91. The second-order valence-corrected chi connectivity index (χ2v) is 8.26.